The van der Waals surface area contributed by atoms with Crippen molar-refractivity contribution in [3.63, 3.8) is 0 Å². The van der Waals surface area contributed by atoms with E-state index in [0.717, 1.165) is 18.6 Å². The topological polar surface area (TPSA) is 62.9 Å². The maximum atomic E-state index is 13.1. The fraction of sp³-hybridized carbons (Fsp3) is 0.227. The van der Waals surface area contributed by atoms with Gasteiger partial charge in [-0.2, -0.15) is 5.10 Å². The van der Waals surface area contributed by atoms with Crippen LogP contribution >= 0.6 is 0 Å². The molecule has 0 radical (unpaired) electrons. The van der Waals surface area contributed by atoms with Crippen LogP contribution < -0.4 is 10.5 Å². The number of para-hydroxylation sites is 1. The van der Waals surface area contributed by atoms with Crippen LogP contribution in [0.15, 0.2) is 65.6 Å². The standard InChI is InChI=1S/C22H21N5O2/c1-24-20-15-16(7-8-18(20)27-19(22(24)29)9-10-23-27)21(28)26-13-11-25(12-14-26)17-5-3-2-4-6-17/h2-10,15H,11-14H2,1H3. The minimum Gasteiger partial charge on any atom is -0.368 e. The highest BCUT2D eigenvalue weighted by atomic mass is 16.2. The molecule has 7 heteroatoms. The van der Waals surface area contributed by atoms with E-state index in [1.54, 1.807) is 34.5 Å². The number of amides is 1. The van der Waals surface area contributed by atoms with Gasteiger partial charge < -0.3 is 14.4 Å². The van der Waals surface area contributed by atoms with E-state index in [9.17, 15) is 9.59 Å². The number of carbonyl (C=O) groups excluding carboxylic acids is 1. The third-order valence-corrected chi connectivity index (χ3v) is 5.67. The van der Waals surface area contributed by atoms with Crippen molar-refractivity contribution in [1.82, 2.24) is 19.1 Å². The van der Waals surface area contributed by atoms with Crippen molar-refractivity contribution in [3.05, 3.63) is 76.7 Å². The summed E-state index contributed by atoms with van der Waals surface area (Å²) >= 11 is 0. The third kappa shape index (κ3) is 2.86. The molecule has 4 aromatic rings. The van der Waals surface area contributed by atoms with Gasteiger partial charge in [0.15, 0.2) is 0 Å². The maximum Gasteiger partial charge on any atom is 0.276 e. The predicted octanol–water partition coefficient (Wildman–Crippen LogP) is 2.15. The van der Waals surface area contributed by atoms with Crippen LogP contribution in [0.5, 0.6) is 0 Å². The summed E-state index contributed by atoms with van der Waals surface area (Å²) in [4.78, 5) is 29.8. The molecule has 3 heterocycles. The summed E-state index contributed by atoms with van der Waals surface area (Å²) in [5.41, 5.74) is 3.67. The second-order valence-electron chi connectivity index (χ2n) is 7.31. The van der Waals surface area contributed by atoms with Crippen molar-refractivity contribution in [3.8, 4) is 0 Å². The van der Waals surface area contributed by atoms with E-state index in [2.05, 4.69) is 22.1 Å². The lowest BCUT2D eigenvalue weighted by Gasteiger charge is -2.36. The molecule has 1 saturated heterocycles. The van der Waals surface area contributed by atoms with E-state index in [4.69, 9.17) is 0 Å². The third-order valence-electron chi connectivity index (χ3n) is 5.67. The highest BCUT2D eigenvalue weighted by molar-refractivity contribution is 5.97. The minimum atomic E-state index is -0.129. The molecule has 5 rings (SSSR count). The number of aromatic nitrogens is 3. The summed E-state index contributed by atoms with van der Waals surface area (Å²) in [6.45, 7) is 2.94. The smallest absolute Gasteiger partial charge is 0.276 e. The first-order valence-electron chi connectivity index (χ1n) is 9.69. The zero-order valence-corrected chi connectivity index (χ0v) is 16.2. The summed E-state index contributed by atoms with van der Waals surface area (Å²) in [5, 5.41) is 4.25. The van der Waals surface area contributed by atoms with E-state index < -0.39 is 0 Å². The summed E-state index contributed by atoms with van der Waals surface area (Å²) in [6, 6.07) is 17.4. The first-order chi connectivity index (χ1) is 14.1. The van der Waals surface area contributed by atoms with Crippen LogP contribution in [0.1, 0.15) is 10.4 Å². The van der Waals surface area contributed by atoms with Gasteiger partial charge in [0, 0.05) is 44.5 Å². The van der Waals surface area contributed by atoms with Gasteiger partial charge in [0.25, 0.3) is 11.5 Å². The molecule has 29 heavy (non-hydrogen) atoms. The second-order valence-corrected chi connectivity index (χ2v) is 7.31. The average Bonchev–Trinajstić information content (AvgIpc) is 3.28. The Balaban J connectivity index is 1.42. The highest BCUT2D eigenvalue weighted by Gasteiger charge is 2.23. The molecule has 0 spiro atoms. The van der Waals surface area contributed by atoms with Crippen LogP contribution in [-0.4, -0.2) is 51.2 Å². The molecule has 146 valence electrons. The van der Waals surface area contributed by atoms with Crippen LogP contribution in [0, 0.1) is 0 Å². The van der Waals surface area contributed by atoms with Gasteiger partial charge in [0.2, 0.25) is 0 Å². The number of rotatable bonds is 2. The van der Waals surface area contributed by atoms with E-state index in [-0.39, 0.29) is 11.5 Å². The van der Waals surface area contributed by atoms with Gasteiger partial charge in [-0.25, -0.2) is 4.52 Å². The molecular formula is C22H21N5O2. The molecule has 1 fully saturated rings. The van der Waals surface area contributed by atoms with Gasteiger partial charge in [-0.05, 0) is 36.4 Å². The fourth-order valence-corrected chi connectivity index (χ4v) is 4.03. The molecule has 2 aromatic carbocycles. The normalized spacial score (nSPS) is 14.7. The number of carbonyl (C=O) groups is 1. The van der Waals surface area contributed by atoms with Gasteiger partial charge in [-0.15, -0.1) is 0 Å². The first kappa shape index (κ1) is 17.5. The molecule has 0 aliphatic carbocycles. The molecule has 1 amide bonds. The Labute approximate surface area is 167 Å². The van der Waals surface area contributed by atoms with Crippen LogP contribution in [0.2, 0.25) is 0 Å². The number of aryl methyl sites for hydroxylation is 1. The van der Waals surface area contributed by atoms with Crippen molar-refractivity contribution >= 4 is 28.1 Å². The summed E-state index contributed by atoms with van der Waals surface area (Å²) in [7, 11) is 1.73. The van der Waals surface area contributed by atoms with Crippen LogP contribution in [-0.2, 0) is 7.05 Å². The average molecular weight is 387 g/mol. The van der Waals surface area contributed by atoms with Crippen molar-refractivity contribution in [2.24, 2.45) is 7.05 Å². The number of anilines is 1. The van der Waals surface area contributed by atoms with E-state index >= 15 is 0 Å². The van der Waals surface area contributed by atoms with Gasteiger partial charge >= 0.3 is 0 Å². The van der Waals surface area contributed by atoms with Crippen LogP contribution in [0.25, 0.3) is 16.6 Å². The molecular weight excluding hydrogens is 366 g/mol. The lowest BCUT2D eigenvalue weighted by molar-refractivity contribution is 0.0747. The molecule has 1 aliphatic rings. The maximum absolute atomic E-state index is 13.1. The quantitative estimate of drug-likeness (QED) is 0.529. The lowest BCUT2D eigenvalue weighted by atomic mass is 10.1. The Morgan fingerprint density at radius 2 is 1.66 bits per heavy atom. The van der Waals surface area contributed by atoms with Gasteiger partial charge in [-0.1, -0.05) is 18.2 Å². The summed E-state index contributed by atoms with van der Waals surface area (Å²) < 4.78 is 3.21. The Bertz CT molecular complexity index is 1270. The minimum absolute atomic E-state index is 0.00683. The predicted molar refractivity (Wildman–Crippen MR) is 112 cm³/mol. The Morgan fingerprint density at radius 3 is 2.41 bits per heavy atom. The van der Waals surface area contributed by atoms with E-state index in [1.807, 2.05) is 35.2 Å². The zero-order chi connectivity index (χ0) is 20.0. The molecule has 2 aromatic heterocycles. The molecule has 0 atom stereocenters. The van der Waals surface area contributed by atoms with Gasteiger partial charge in [0.05, 0.1) is 17.2 Å². The van der Waals surface area contributed by atoms with E-state index in [0.29, 0.717) is 29.7 Å². The number of hydrogen-bond acceptors (Lipinski definition) is 4. The molecule has 1 aliphatic heterocycles. The SMILES string of the molecule is Cn1c(=O)c2ccnn2c2ccc(C(=O)N3CCN(c4ccccc4)CC3)cc21. The molecule has 0 saturated carbocycles. The summed E-state index contributed by atoms with van der Waals surface area (Å²) in [5.74, 6) is -0.00683. The Kier molecular flexibility index (Phi) is 4.08. The first-order valence-corrected chi connectivity index (χ1v) is 9.69. The van der Waals surface area contributed by atoms with Crippen molar-refractivity contribution < 1.29 is 4.79 Å². The van der Waals surface area contributed by atoms with Crippen LogP contribution in [0.4, 0.5) is 5.69 Å². The Morgan fingerprint density at radius 1 is 0.897 bits per heavy atom. The highest BCUT2D eigenvalue weighted by Crippen LogP contribution is 2.19. The number of fused-ring (bicyclic) bond motifs is 3. The number of benzene rings is 2. The summed E-state index contributed by atoms with van der Waals surface area (Å²) in [6.07, 6.45) is 1.61. The van der Waals surface area contributed by atoms with Crippen LogP contribution in [0.3, 0.4) is 0 Å². The number of nitrogens with zero attached hydrogens (tertiary/aromatic N) is 5. The van der Waals surface area contributed by atoms with Crippen molar-refractivity contribution in [2.75, 3.05) is 31.1 Å². The number of hydrogen-bond donors (Lipinski definition) is 0. The zero-order valence-electron chi connectivity index (χ0n) is 16.2. The van der Waals surface area contributed by atoms with Crippen molar-refractivity contribution in [1.29, 1.82) is 0 Å². The van der Waals surface area contributed by atoms with Gasteiger partial charge in [-0.3, -0.25) is 9.59 Å². The lowest BCUT2D eigenvalue weighted by Crippen LogP contribution is -2.48. The second kappa shape index (κ2) is 6.77. The molecule has 7 nitrogen and oxygen atoms in total. The molecule has 0 unspecified atom stereocenters. The fourth-order valence-electron chi connectivity index (χ4n) is 4.03. The van der Waals surface area contributed by atoms with E-state index in [1.165, 1.54) is 5.69 Å². The van der Waals surface area contributed by atoms with Gasteiger partial charge in [0.1, 0.15) is 5.52 Å². The monoisotopic (exact) mass is 387 g/mol. The largest absolute Gasteiger partial charge is 0.368 e. The molecule has 0 N–H and O–H groups in total. The molecule has 0 bridgehead atoms. The number of piperazine rings is 1. The Hall–Kier alpha value is -3.61. The van der Waals surface area contributed by atoms with Crippen molar-refractivity contribution in [2.45, 2.75) is 0 Å².